The summed E-state index contributed by atoms with van der Waals surface area (Å²) in [5.41, 5.74) is 1.41. The number of carbonyl (C=O) groups excluding carboxylic acids is 2. The zero-order chi connectivity index (χ0) is 18.0. The van der Waals surface area contributed by atoms with Crippen molar-refractivity contribution in [3.05, 3.63) is 28.7 Å². The minimum atomic E-state index is -0.0749. The van der Waals surface area contributed by atoms with E-state index in [1.54, 1.807) is 22.3 Å². The van der Waals surface area contributed by atoms with Gasteiger partial charge in [-0.05, 0) is 50.9 Å². The summed E-state index contributed by atoms with van der Waals surface area (Å²) in [5, 5.41) is 1.05. The van der Waals surface area contributed by atoms with E-state index >= 15 is 0 Å². The fraction of sp³-hybridized carbons (Fsp3) is 0.579. The molecular weight excluding hydrogens is 334 g/mol. The Balaban J connectivity index is 1.62. The molecule has 1 fully saturated rings. The number of anilines is 1. The number of nitrogens with zero attached hydrogens (tertiary/aromatic N) is 3. The molecule has 0 aromatic carbocycles. The van der Waals surface area contributed by atoms with Crippen LogP contribution < -0.4 is 4.90 Å². The maximum Gasteiger partial charge on any atom is 0.247 e. The first-order chi connectivity index (χ1) is 11.9. The summed E-state index contributed by atoms with van der Waals surface area (Å²) in [5.74, 6) is 0.680. The molecule has 3 rings (SSSR count). The Labute approximate surface area is 153 Å². The molecule has 5 nitrogen and oxygen atoms in total. The van der Waals surface area contributed by atoms with E-state index in [1.165, 1.54) is 16.9 Å². The molecular formula is C19H27N3O2S. The van der Waals surface area contributed by atoms with Crippen molar-refractivity contribution in [2.24, 2.45) is 5.92 Å². The molecule has 1 saturated heterocycles. The highest BCUT2D eigenvalue weighted by Gasteiger charge is 2.29. The molecule has 0 N–H and O–H groups in total. The second-order valence-electron chi connectivity index (χ2n) is 7.35. The van der Waals surface area contributed by atoms with Gasteiger partial charge in [0.1, 0.15) is 6.54 Å². The molecule has 6 heteroatoms. The average molecular weight is 362 g/mol. The molecule has 0 saturated carbocycles. The van der Waals surface area contributed by atoms with Gasteiger partial charge in [0.25, 0.3) is 0 Å². The zero-order valence-electron chi connectivity index (χ0n) is 15.3. The lowest BCUT2D eigenvalue weighted by Crippen LogP contribution is -2.51. The Kier molecular flexibility index (Phi) is 5.59. The van der Waals surface area contributed by atoms with E-state index in [0.717, 1.165) is 30.3 Å². The van der Waals surface area contributed by atoms with Crippen LogP contribution in [0.1, 0.15) is 23.8 Å². The summed E-state index contributed by atoms with van der Waals surface area (Å²) in [7, 11) is 3.91. The summed E-state index contributed by atoms with van der Waals surface area (Å²) in [6.45, 7) is 4.36. The highest BCUT2D eigenvalue weighted by Crippen LogP contribution is 2.37. The summed E-state index contributed by atoms with van der Waals surface area (Å²) in [6, 6.07) is 2.19. The van der Waals surface area contributed by atoms with Crippen LogP contribution in [0.4, 0.5) is 5.00 Å². The van der Waals surface area contributed by atoms with Crippen LogP contribution in [0.5, 0.6) is 0 Å². The Morgan fingerprint density at radius 1 is 1.40 bits per heavy atom. The molecule has 2 heterocycles. The van der Waals surface area contributed by atoms with Crippen LogP contribution in [-0.2, 0) is 22.4 Å². The number of amides is 2. The highest BCUT2D eigenvalue weighted by atomic mass is 32.1. The van der Waals surface area contributed by atoms with Crippen LogP contribution in [0.3, 0.4) is 0 Å². The number of carbonyl (C=O) groups is 2. The first-order valence-electron chi connectivity index (χ1n) is 8.96. The van der Waals surface area contributed by atoms with Crippen molar-refractivity contribution in [2.45, 2.75) is 26.2 Å². The van der Waals surface area contributed by atoms with Gasteiger partial charge < -0.3 is 14.7 Å². The summed E-state index contributed by atoms with van der Waals surface area (Å²) in [4.78, 5) is 31.7. The van der Waals surface area contributed by atoms with Gasteiger partial charge in [-0.1, -0.05) is 13.0 Å². The predicted octanol–water partition coefficient (Wildman–Crippen LogP) is 2.17. The molecule has 136 valence electrons. The summed E-state index contributed by atoms with van der Waals surface area (Å²) < 4.78 is 0. The topological polar surface area (TPSA) is 43.9 Å². The third kappa shape index (κ3) is 4.30. The number of thiophene rings is 1. The van der Waals surface area contributed by atoms with E-state index in [0.29, 0.717) is 13.1 Å². The van der Waals surface area contributed by atoms with Gasteiger partial charge in [-0.25, -0.2) is 0 Å². The molecule has 1 unspecified atom stereocenters. The lowest BCUT2D eigenvalue weighted by molar-refractivity contribution is -0.133. The number of hydrogen-bond donors (Lipinski definition) is 0. The minimum absolute atomic E-state index is 0.0206. The molecule has 0 radical (unpaired) electrons. The molecule has 1 atom stereocenters. The molecule has 1 aliphatic carbocycles. The number of rotatable bonds is 4. The normalized spacial score (nSPS) is 21.3. The fourth-order valence-electron chi connectivity index (χ4n) is 3.35. The van der Waals surface area contributed by atoms with E-state index in [2.05, 4.69) is 13.0 Å². The molecule has 0 bridgehead atoms. The molecule has 2 amide bonds. The van der Waals surface area contributed by atoms with Crippen LogP contribution in [0.25, 0.3) is 0 Å². The van der Waals surface area contributed by atoms with Crippen molar-refractivity contribution >= 4 is 28.2 Å². The lowest BCUT2D eigenvalue weighted by atomic mass is 9.91. The predicted molar refractivity (Wildman–Crippen MR) is 102 cm³/mol. The molecule has 25 heavy (non-hydrogen) atoms. The Bertz CT molecular complexity index is 680. The van der Waals surface area contributed by atoms with Crippen molar-refractivity contribution in [2.75, 3.05) is 45.2 Å². The summed E-state index contributed by atoms with van der Waals surface area (Å²) in [6.07, 6.45) is 6.90. The van der Waals surface area contributed by atoms with Gasteiger partial charge in [-0.3, -0.25) is 9.59 Å². The molecule has 0 spiro atoms. The maximum absolute atomic E-state index is 12.6. The quantitative estimate of drug-likeness (QED) is 0.772. The first-order valence-corrected chi connectivity index (χ1v) is 9.78. The minimum Gasteiger partial charge on any atom is -0.328 e. The van der Waals surface area contributed by atoms with Gasteiger partial charge in [0.2, 0.25) is 11.8 Å². The van der Waals surface area contributed by atoms with Crippen molar-refractivity contribution in [3.63, 3.8) is 0 Å². The van der Waals surface area contributed by atoms with Gasteiger partial charge in [-0.2, -0.15) is 0 Å². The van der Waals surface area contributed by atoms with Crippen LogP contribution >= 0.6 is 11.3 Å². The van der Waals surface area contributed by atoms with Gasteiger partial charge in [0.05, 0.1) is 5.00 Å². The van der Waals surface area contributed by atoms with E-state index in [4.69, 9.17) is 0 Å². The number of aryl methyl sites for hydroxylation is 1. The van der Waals surface area contributed by atoms with Crippen LogP contribution in [0, 0.1) is 5.92 Å². The number of fused-ring (bicyclic) bond motifs is 1. The Morgan fingerprint density at radius 2 is 2.20 bits per heavy atom. The fourth-order valence-corrected chi connectivity index (χ4v) is 4.77. The van der Waals surface area contributed by atoms with Crippen molar-refractivity contribution in [3.8, 4) is 0 Å². The standard InChI is InChI=1S/C19H27N3O2S/c1-14-6-7-15-12-19(25-16(15)11-14)22-10-9-21(13-18(22)24)17(23)5-4-8-20(2)3/h4-5,12,14H,6-11,13H2,1-3H3/b5-4+. The lowest BCUT2D eigenvalue weighted by Gasteiger charge is -2.33. The highest BCUT2D eigenvalue weighted by molar-refractivity contribution is 7.16. The Hall–Kier alpha value is -1.66. The molecule has 1 aromatic rings. The Morgan fingerprint density at radius 3 is 2.92 bits per heavy atom. The van der Waals surface area contributed by atoms with Crippen molar-refractivity contribution in [1.82, 2.24) is 9.80 Å². The first kappa shape index (κ1) is 18.1. The van der Waals surface area contributed by atoms with Gasteiger partial charge in [0.15, 0.2) is 0 Å². The molecule has 2 aliphatic rings. The number of piperazine rings is 1. The van der Waals surface area contributed by atoms with Crippen molar-refractivity contribution < 1.29 is 9.59 Å². The second kappa shape index (κ2) is 7.70. The van der Waals surface area contributed by atoms with Gasteiger partial charge in [-0.15, -0.1) is 11.3 Å². The maximum atomic E-state index is 12.6. The van der Waals surface area contributed by atoms with E-state index in [1.807, 2.05) is 30.0 Å². The smallest absolute Gasteiger partial charge is 0.247 e. The average Bonchev–Trinajstić information content (AvgIpc) is 2.96. The zero-order valence-corrected chi connectivity index (χ0v) is 16.1. The van der Waals surface area contributed by atoms with Crippen molar-refractivity contribution in [1.29, 1.82) is 0 Å². The number of hydrogen-bond acceptors (Lipinski definition) is 4. The SMILES string of the molecule is CC1CCc2cc(N3CCN(C(=O)/C=C/CN(C)C)CC3=O)sc2C1. The van der Waals surface area contributed by atoms with Crippen LogP contribution in [-0.4, -0.2) is 61.9 Å². The third-order valence-electron chi connectivity index (χ3n) is 4.85. The largest absolute Gasteiger partial charge is 0.328 e. The molecule has 1 aromatic heterocycles. The second-order valence-corrected chi connectivity index (χ2v) is 8.47. The van der Waals surface area contributed by atoms with E-state index in [9.17, 15) is 9.59 Å². The van der Waals surface area contributed by atoms with Gasteiger partial charge in [0, 0.05) is 30.6 Å². The van der Waals surface area contributed by atoms with Crippen LogP contribution in [0.15, 0.2) is 18.2 Å². The van der Waals surface area contributed by atoms with E-state index < -0.39 is 0 Å². The van der Waals surface area contributed by atoms with Crippen LogP contribution in [0.2, 0.25) is 0 Å². The third-order valence-corrected chi connectivity index (χ3v) is 6.08. The number of likely N-dealkylation sites (N-methyl/N-ethyl adjacent to an activating group) is 1. The van der Waals surface area contributed by atoms with E-state index in [-0.39, 0.29) is 18.4 Å². The summed E-state index contributed by atoms with van der Waals surface area (Å²) >= 11 is 1.76. The molecule has 1 aliphatic heterocycles. The van der Waals surface area contributed by atoms with Gasteiger partial charge >= 0.3 is 0 Å². The monoisotopic (exact) mass is 361 g/mol.